The third-order valence-electron chi connectivity index (χ3n) is 5.24. The second-order valence-corrected chi connectivity index (χ2v) is 7.09. The van der Waals surface area contributed by atoms with Gasteiger partial charge in [-0.2, -0.15) is 0 Å². The molecule has 1 N–H and O–H groups in total. The summed E-state index contributed by atoms with van der Waals surface area (Å²) in [7, 11) is 0. The monoisotopic (exact) mass is 370 g/mol. The molecule has 0 atom stereocenters. The maximum absolute atomic E-state index is 14.9. The number of carbonyl (C=O) groups excluding carboxylic acids is 1. The molecule has 0 saturated heterocycles. The Morgan fingerprint density at radius 2 is 1.89 bits per heavy atom. The summed E-state index contributed by atoms with van der Waals surface area (Å²) in [5, 5.41) is 3.07. The minimum absolute atomic E-state index is 0.186. The molecule has 4 heteroatoms. The van der Waals surface area contributed by atoms with E-state index in [2.05, 4.69) is 16.2 Å². The van der Waals surface area contributed by atoms with Gasteiger partial charge in [0, 0.05) is 34.1 Å². The Hall–Kier alpha value is -3.45. The van der Waals surface area contributed by atoms with E-state index in [1.54, 1.807) is 42.6 Å². The van der Waals surface area contributed by atoms with Crippen LogP contribution in [0.5, 0.6) is 0 Å². The molecule has 28 heavy (non-hydrogen) atoms. The van der Waals surface area contributed by atoms with Crippen LogP contribution in [-0.2, 0) is 5.54 Å². The number of nitrogens with one attached hydrogen (secondary N) is 1. The summed E-state index contributed by atoms with van der Waals surface area (Å²) < 4.78 is 14.9. The number of hydrogen-bond donors (Lipinski definition) is 1. The van der Waals surface area contributed by atoms with E-state index in [4.69, 9.17) is 6.42 Å². The maximum atomic E-state index is 14.9. The number of carbonyl (C=O) groups is 1. The van der Waals surface area contributed by atoms with Gasteiger partial charge in [0.05, 0.1) is 5.54 Å². The minimum atomic E-state index is -0.509. The van der Waals surface area contributed by atoms with E-state index >= 15 is 0 Å². The third-order valence-corrected chi connectivity index (χ3v) is 5.24. The summed E-state index contributed by atoms with van der Waals surface area (Å²) in [6.07, 6.45) is 8.61. The lowest BCUT2D eigenvalue weighted by Gasteiger charge is -2.19. The highest BCUT2D eigenvalue weighted by Crippen LogP contribution is 2.46. The fourth-order valence-corrected chi connectivity index (χ4v) is 3.42. The fourth-order valence-electron chi connectivity index (χ4n) is 3.42. The average molecular weight is 370 g/mol. The molecule has 3 aromatic rings. The number of rotatable bonds is 4. The first-order chi connectivity index (χ1) is 13.5. The van der Waals surface area contributed by atoms with Gasteiger partial charge in [-0.1, -0.05) is 24.1 Å². The summed E-state index contributed by atoms with van der Waals surface area (Å²) in [5.41, 5.74) is 3.60. The number of halogens is 1. The van der Waals surface area contributed by atoms with Gasteiger partial charge < -0.3 is 5.32 Å². The third kappa shape index (κ3) is 3.27. The van der Waals surface area contributed by atoms with E-state index in [1.165, 1.54) is 6.07 Å². The molecule has 1 saturated carbocycles. The van der Waals surface area contributed by atoms with Crippen molar-refractivity contribution in [3.63, 3.8) is 0 Å². The molecule has 0 bridgehead atoms. The molecule has 0 radical (unpaired) electrons. The lowest BCUT2D eigenvalue weighted by Crippen LogP contribution is -2.34. The number of terminal acetylenes is 1. The second-order valence-electron chi connectivity index (χ2n) is 7.09. The molecular weight excluding hydrogens is 351 g/mol. The van der Waals surface area contributed by atoms with Crippen LogP contribution < -0.4 is 5.32 Å². The molecule has 3 nitrogen and oxygen atoms in total. The zero-order valence-electron chi connectivity index (χ0n) is 15.5. The molecule has 0 spiro atoms. The van der Waals surface area contributed by atoms with Crippen LogP contribution in [0.2, 0.25) is 0 Å². The standard InChI is InChI=1S/C24H19FN2O/c1-3-17-6-8-18(9-7-17)23(28)27-24(12-13-24)19-10-11-21(22(25)15-19)20-5-4-14-26-16(20)2/h1,4-11,14-15H,12-13H2,2H3,(H,27,28). The number of amides is 1. The van der Waals surface area contributed by atoms with Crippen molar-refractivity contribution in [1.82, 2.24) is 10.3 Å². The molecule has 0 unspecified atom stereocenters. The highest BCUT2D eigenvalue weighted by Gasteiger charge is 2.46. The largest absolute Gasteiger partial charge is 0.343 e. The molecular formula is C24H19FN2O. The molecule has 1 heterocycles. The minimum Gasteiger partial charge on any atom is -0.343 e. The van der Waals surface area contributed by atoms with Gasteiger partial charge in [0.1, 0.15) is 5.82 Å². The summed E-state index contributed by atoms with van der Waals surface area (Å²) in [6.45, 7) is 1.86. The van der Waals surface area contributed by atoms with Gasteiger partial charge in [-0.3, -0.25) is 9.78 Å². The predicted molar refractivity (Wildman–Crippen MR) is 107 cm³/mol. The molecule has 0 aliphatic heterocycles. The van der Waals surface area contributed by atoms with Gasteiger partial charge in [-0.25, -0.2) is 4.39 Å². The second kappa shape index (κ2) is 6.94. The lowest BCUT2D eigenvalue weighted by atomic mass is 9.97. The van der Waals surface area contributed by atoms with E-state index in [0.717, 1.165) is 35.2 Å². The normalized spacial score (nSPS) is 14.2. The molecule has 1 aliphatic carbocycles. The SMILES string of the molecule is C#Cc1ccc(C(=O)NC2(c3ccc(-c4cccnc4C)c(F)c3)CC2)cc1. The highest BCUT2D eigenvalue weighted by molar-refractivity contribution is 5.95. The van der Waals surface area contributed by atoms with Crippen molar-refractivity contribution in [3.05, 3.63) is 89.0 Å². The summed E-state index contributed by atoms with van der Waals surface area (Å²) in [5.74, 6) is 2.03. The van der Waals surface area contributed by atoms with Gasteiger partial charge in [0.25, 0.3) is 5.91 Å². The van der Waals surface area contributed by atoms with Crippen LogP contribution in [0, 0.1) is 25.1 Å². The fraction of sp³-hybridized carbons (Fsp3) is 0.167. The van der Waals surface area contributed by atoms with Crippen molar-refractivity contribution in [3.8, 4) is 23.5 Å². The first kappa shape index (κ1) is 17.9. The molecule has 1 fully saturated rings. The average Bonchev–Trinajstić information content (AvgIpc) is 3.49. The summed E-state index contributed by atoms with van der Waals surface area (Å²) >= 11 is 0. The van der Waals surface area contributed by atoms with E-state index in [9.17, 15) is 9.18 Å². The Balaban J connectivity index is 1.58. The molecule has 2 aromatic carbocycles. The Morgan fingerprint density at radius 1 is 1.14 bits per heavy atom. The molecule has 1 aromatic heterocycles. The van der Waals surface area contributed by atoms with Gasteiger partial charge in [0.15, 0.2) is 0 Å². The van der Waals surface area contributed by atoms with Crippen molar-refractivity contribution in [2.45, 2.75) is 25.3 Å². The van der Waals surface area contributed by atoms with Crippen molar-refractivity contribution in [2.24, 2.45) is 0 Å². The van der Waals surface area contributed by atoms with Crippen LogP contribution in [0.1, 0.15) is 40.0 Å². The van der Waals surface area contributed by atoms with Crippen LogP contribution in [0.3, 0.4) is 0 Å². The van der Waals surface area contributed by atoms with Crippen LogP contribution in [0.25, 0.3) is 11.1 Å². The van der Waals surface area contributed by atoms with E-state index in [-0.39, 0.29) is 11.7 Å². The number of aromatic nitrogens is 1. The zero-order valence-corrected chi connectivity index (χ0v) is 15.5. The number of pyridine rings is 1. The number of nitrogens with zero attached hydrogens (tertiary/aromatic N) is 1. The van der Waals surface area contributed by atoms with Crippen molar-refractivity contribution < 1.29 is 9.18 Å². The Morgan fingerprint density at radius 3 is 2.50 bits per heavy atom. The lowest BCUT2D eigenvalue weighted by molar-refractivity contribution is 0.0930. The van der Waals surface area contributed by atoms with Crippen LogP contribution in [0.15, 0.2) is 60.8 Å². The zero-order chi connectivity index (χ0) is 19.7. The van der Waals surface area contributed by atoms with Gasteiger partial charge in [0.2, 0.25) is 0 Å². The maximum Gasteiger partial charge on any atom is 0.251 e. The number of hydrogen-bond acceptors (Lipinski definition) is 2. The summed E-state index contributed by atoms with van der Waals surface area (Å²) in [4.78, 5) is 16.9. The van der Waals surface area contributed by atoms with E-state index in [1.807, 2.05) is 19.1 Å². The van der Waals surface area contributed by atoms with E-state index < -0.39 is 5.54 Å². The Kier molecular flexibility index (Phi) is 4.44. The highest BCUT2D eigenvalue weighted by atomic mass is 19.1. The molecule has 1 amide bonds. The quantitative estimate of drug-likeness (QED) is 0.682. The topological polar surface area (TPSA) is 42.0 Å². The van der Waals surface area contributed by atoms with Gasteiger partial charge in [-0.05, 0) is 61.7 Å². The summed E-state index contributed by atoms with van der Waals surface area (Å²) in [6, 6.07) is 15.7. The smallest absolute Gasteiger partial charge is 0.251 e. The van der Waals surface area contributed by atoms with Crippen molar-refractivity contribution >= 4 is 5.91 Å². The predicted octanol–water partition coefficient (Wildman–Crippen LogP) is 4.60. The Bertz CT molecular complexity index is 1090. The molecule has 138 valence electrons. The Labute approximate surface area is 163 Å². The van der Waals surface area contributed by atoms with Crippen LogP contribution in [0.4, 0.5) is 4.39 Å². The van der Waals surface area contributed by atoms with Crippen LogP contribution in [-0.4, -0.2) is 10.9 Å². The number of aryl methyl sites for hydroxylation is 1. The van der Waals surface area contributed by atoms with Gasteiger partial charge >= 0.3 is 0 Å². The first-order valence-electron chi connectivity index (χ1n) is 9.14. The van der Waals surface area contributed by atoms with Gasteiger partial charge in [-0.15, -0.1) is 6.42 Å². The molecule has 1 aliphatic rings. The first-order valence-corrected chi connectivity index (χ1v) is 9.14. The van der Waals surface area contributed by atoms with Crippen molar-refractivity contribution in [2.75, 3.05) is 0 Å². The van der Waals surface area contributed by atoms with Crippen LogP contribution >= 0.6 is 0 Å². The number of benzene rings is 2. The van der Waals surface area contributed by atoms with E-state index in [0.29, 0.717) is 11.1 Å². The molecule has 4 rings (SSSR count). The van der Waals surface area contributed by atoms with Crippen molar-refractivity contribution in [1.29, 1.82) is 0 Å².